The molecule has 1 unspecified atom stereocenters. The SMILES string of the molecule is Cc1ccccc1C1CCNc2cc(CC(C)C)nn21. The van der Waals surface area contributed by atoms with Gasteiger partial charge in [0.1, 0.15) is 5.82 Å². The van der Waals surface area contributed by atoms with Gasteiger partial charge in [0.05, 0.1) is 11.7 Å². The Labute approximate surface area is 121 Å². The van der Waals surface area contributed by atoms with Gasteiger partial charge in [0.2, 0.25) is 0 Å². The van der Waals surface area contributed by atoms with Crippen LogP contribution < -0.4 is 5.32 Å². The van der Waals surface area contributed by atoms with Crippen LogP contribution in [0.15, 0.2) is 30.3 Å². The second-order valence-electron chi connectivity index (χ2n) is 6.15. The molecule has 20 heavy (non-hydrogen) atoms. The number of aromatic nitrogens is 2. The number of nitrogens with one attached hydrogen (secondary N) is 1. The van der Waals surface area contributed by atoms with Gasteiger partial charge in [-0.05, 0) is 36.8 Å². The number of aryl methyl sites for hydroxylation is 1. The van der Waals surface area contributed by atoms with Crippen molar-refractivity contribution in [3.8, 4) is 0 Å². The van der Waals surface area contributed by atoms with Crippen molar-refractivity contribution >= 4 is 5.82 Å². The van der Waals surface area contributed by atoms with E-state index in [0.717, 1.165) is 19.4 Å². The predicted octanol–water partition coefficient (Wildman–Crippen LogP) is 3.80. The first kappa shape index (κ1) is 13.2. The number of benzene rings is 1. The Kier molecular flexibility index (Phi) is 3.51. The molecule has 2 aromatic rings. The van der Waals surface area contributed by atoms with Crippen LogP contribution in [-0.2, 0) is 6.42 Å². The van der Waals surface area contributed by atoms with Crippen molar-refractivity contribution in [2.24, 2.45) is 5.92 Å². The molecular formula is C17H23N3. The van der Waals surface area contributed by atoms with Crippen molar-refractivity contribution in [3.05, 3.63) is 47.2 Å². The fourth-order valence-corrected chi connectivity index (χ4v) is 3.04. The zero-order chi connectivity index (χ0) is 14.1. The van der Waals surface area contributed by atoms with Gasteiger partial charge in [-0.15, -0.1) is 0 Å². The van der Waals surface area contributed by atoms with E-state index in [1.165, 1.54) is 22.6 Å². The van der Waals surface area contributed by atoms with Gasteiger partial charge in [0.15, 0.2) is 0 Å². The summed E-state index contributed by atoms with van der Waals surface area (Å²) < 4.78 is 2.18. The van der Waals surface area contributed by atoms with Crippen LogP contribution in [0.25, 0.3) is 0 Å². The summed E-state index contributed by atoms with van der Waals surface area (Å²) in [5.41, 5.74) is 3.95. The van der Waals surface area contributed by atoms with E-state index in [1.807, 2.05) is 0 Å². The number of fused-ring (bicyclic) bond motifs is 1. The monoisotopic (exact) mass is 269 g/mol. The molecule has 1 atom stereocenters. The third kappa shape index (κ3) is 2.45. The molecule has 3 rings (SSSR count). The molecule has 1 aliphatic heterocycles. The average molecular weight is 269 g/mol. The zero-order valence-electron chi connectivity index (χ0n) is 12.6. The minimum Gasteiger partial charge on any atom is -0.370 e. The first-order valence-corrected chi connectivity index (χ1v) is 7.53. The molecule has 0 saturated carbocycles. The molecule has 0 spiro atoms. The standard InChI is InChI=1S/C17H23N3/c1-12(2)10-14-11-17-18-9-8-16(20(17)19-14)15-7-5-4-6-13(15)3/h4-7,11-12,16,18H,8-10H2,1-3H3. The first-order chi connectivity index (χ1) is 9.65. The van der Waals surface area contributed by atoms with Gasteiger partial charge in [-0.1, -0.05) is 38.1 Å². The maximum absolute atomic E-state index is 4.84. The maximum atomic E-state index is 4.84. The highest BCUT2D eigenvalue weighted by molar-refractivity contribution is 5.42. The van der Waals surface area contributed by atoms with Crippen LogP contribution in [0.3, 0.4) is 0 Å². The molecular weight excluding hydrogens is 246 g/mol. The van der Waals surface area contributed by atoms with Gasteiger partial charge in [0.25, 0.3) is 0 Å². The van der Waals surface area contributed by atoms with Gasteiger partial charge in [-0.2, -0.15) is 5.10 Å². The van der Waals surface area contributed by atoms with Crippen LogP contribution in [0.4, 0.5) is 5.82 Å². The van der Waals surface area contributed by atoms with E-state index in [9.17, 15) is 0 Å². The number of rotatable bonds is 3. The summed E-state index contributed by atoms with van der Waals surface area (Å²) in [6.07, 6.45) is 2.14. The Bertz CT molecular complexity index is 598. The molecule has 0 fully saturated rings. The molecule has 0 radical (unpaired) electrons. The highest BCUT2D eigenvalue weighted by Gasteiger charge is 2.24. The van der Waals surface area contributed by atoms with Gasteiger partial charge < -0.3 is 5.32 Å². The van der Waals surface area contributed by atoms with Crippen molar-refractivity contribution < 1.29 is 0 Å². The molecule has 0 amide bonds. The van der Waals surface area contributed by atoms with Crippen LogP contribution >= 0.6 is 0 Å². The largest absolute Gasteiger partial charge is 0.370 e. The molecule has 1 aromatic carbocycles. The number of nitrogens with zero attached hydrogens (tertiary/aromatic N) is 2. The predicted molar refractivity (Wildman–Crippen MR) is 83.2 cm³/mol. The van der Waals surface area contributed by atoms with Gasteiger partial charge >= 0.3 is 0 Å². The van der Waals surface area contributed by atoms with Crippen molar-refractivity contribution in [2.75, 3.05) is 11.9 Å². The third-order valence-corrected chi connectivity index (χ3v) is 3.97. The molecule has 0 saturated heterocycles. The van der Waals surface area contributed by atoms with E-state index in [-0.39, 0.29) is 0 Å². The summed E-state index contributed by atoms with van der Waals surface area (Å²) in [6.45, 7) is 7.69. The molecule has 3 nitrogen and oxygen atoms in total. The van der Waals surface area contributed by atoms with Gasteiger partial charge in [-0.25, -0.2) is 4.68 Å². The topological polar surface area (TPSA) is 29.9 Å². The van der Waals surface area contributed by atoms with E-state index in [1.54, 1.807) is 0 Å². The number of hydrogen-bond acceptors (Lipinski definition) is 2. The third-order valence-electron chi connectivity index (χ3n) is 3.97. The van der Waals surface area contributed by atoms with E-state index in [4.69, 9.17) is 5.10 Å². The Hall–Kier alpha value is -1.77. The molecule has 1 aromatic heterocycles. The Balaban J connectivity index is 1.97. The van der Waals surface area contributed by atoms with Crippen LogP contribution in [0, 0.1) is 12.8 Å². The Morgan fingerprint density at radius 1 is 1.35 bits per heavy atom. The van der Waals surface area contributed by atoms with Crippen molar-refractivity contribution in [1.29, 1.82) is 0 Å². The lowest BCUT2D eigenvalue weighted by atomic mass is 9.98. The van der Waals surface area contributed by atoms with Crippen LogP contribution in [-0.4, -0.2) is 16.3 Å². The first-order valence-electron chi connectivity index (χ1n) is 7.53. The molecule has 0 aliphatic carbocycles. The highest BCUT2D eigenvalue weighted by atomic mass is 15.4. The van der Waals surface area contributed by atoms with Crippen molar-refractivity contribution in [1.82, 2.24) is 9.78 Å². The van der Waals surface area contributed by atoms with Crippen molar-refractivity contribution in [3.63, 3.8) is 0 Å². The summed E-state index contributed by atoms with van der Waals surface area (Å²) in [5.74, 6) is 1.81. The lowest BCUT2D eigenvalue weighted by Crippen LogP contribution is -2.24. The lowest BCUT2D eigenvalue weighted by Gasteiger charge is -2.27. The molecule has 106 valence electrons. The summed E-state index contributed by atoms with van der Waals surface area (Å²) >= 11 is 0. The summed E-state index contributed by atoms with van der Waals surface area (Å²) in [4.78, 5) is 0. The minimum absolute atomic E-state index is 0.369. The molecule has 3 heteroatoms. The number of hydrogen-bond donors (Lipinski definition) is 1. The maximum Gasteiger partial charge on any atom is 0.125 e. The highest BCUT2D eigenvalue weighted by Crippen LogP contribution is 2.31. The fraction of sp³-hybridized carbons (Fsp3) is 0.471. The van der Waals surface area contributed by atoms with E-state index < -0.39 is 0 Å². The molecule has 1 N–H and O–H groups in total. The van der Waals surface area contributed by atoms with Crippen LogP contribution in [0.1, 0.15) is 43.1 Å². The fourth-order valence-electron chi connectivity index (χ4n) is 3.04. The van der Waals surface area contributed by atoms with Crippen LogP contribution in [0.2, 0.25) is 0 Å². The quantitative estimate of drug-likeness (QED) is 0.918. The summed E-state index contributed by atoms with van der Waals surface area (Å²) in [6, 6.07) is 11.2. The molecule has 1 aliphatic rings. The zero-order valence-corrected chi connectivity index (χ0v) is 12.6. The van der Waals surface area contributed by atoms with E-state index >= 15 is 0 Å². The Morgan fingerprint density at radius 3 is 2.90 bits per heavy atom. The second kappa shape index (κ2) is 5.31. The molecule has 0 bridgehead atoms. The summed E-state index contributed by atoms with van der Waals surface area (Å²) in [7, 11) is 0. The van der Waals surface area contributed by atoms with Gasteiger partial charge in [0, 0.05) is 12.6 Å². The average Bonchev–Trinajstić information content (AvgIpc) is 2.80. The number of anilines is 1. The summed E-state index contributed by atoms with van der Waals surface area (Å²) in [5, 5.41) is 8.32. The van der Waals surface area contributed by atoms with E-state index in [0.29, 0.717) is 12.0 Å². The van der Waals surface area contributed by atoms with Crippen molar-refractivity contribution in [2.45, 2.75) is 39.7 Å². The Morgan fingerprint density at radius 2 is 2.15 bits per heavy atom. The lowest BCUT2D eigenvalue weighted by molar-refractivity contribution is 0.473. The van der Waals surface area contributed by atoms with Crippen LogP contribution in [0.5, 0.6) is 0 Å². The van der Waals surface area contributed by atoms with Gasteiger partial charge in [-0.3, -0.25) is 0 Å². The molecule has 2 heterocycles. The second-order valence-corrected chi connectivity index (χ2v) is 6.15. The van der Waals surface area contributed by atoms with E-state index in [2.05, 4.69) is 61.1 Å². The normalized spacial score (nSPS) is 17.9. The smallest absolute Gasteiger partial charge is 0.125 e. The minimum atomic E-state index is 0.369.